The van der Waals surface area contributed by atoms with Gasteiger partial charge in [0.1, 0.15) is 5.75 Å². The number of ether oxygens (including phenoxy) is 1. The van der Waals surface area contributed by atoms with E-state index in [1.165, 1.54) is 0 Å². The van der Waals surface area contributed by atoms with E-state index >= 15 is 0 Å². The molecule has 0 amide bonds. The molecular weight excluding hydrogens is 338 g/mol. The van der Waals surface area contributed by atoms with Gasteiger partial charge in [-0.15, -0.1) is 0 Å². The molecule has 0 spiro atoms. The fourth-order valence-corrected chi connectivity index (χ4v) is 3.10. The summed E-state index contributed by atoms with van der Waals surface area (Å²) in [6, 6.07) is 12.0. The zero-order chi connectivity index (χ0) is 18.4. The molecule has 0 saturated heterocycles. The van der Waals surface area contributed by atoms with Crippen molar-refractivity contribution in [1.29, 1.82) is 0 Å². The Hall–Kier alpha value is -2.34. The van der Waals surface area contributed by atoms with Crippen molar-refractivity contribution in [3.05, 3.63) is 59.2 Å². The van der Waals surface area contributed by atoms with Crippen LogP contribution in [0.1, 0.15) is 41.3 Å². The number of aryl methyl sites for hydroxylation is 1. The summed E-state index contributed by atoms with van der Waals surface area (Å²) in [4.78, 5) is 12.9. The molecule has 134 valence electrons. The highest BCUT2D eigenvalue weighted by Gasteiger charge is 2.15. The lowest BCUT2D eigenvalue weighted by Gasteiger charge is -2.12. The zero-order valence-electron chi connectivity index (χ0n) is 14.7. The number of nitrogens with one attached hydrogen (secondary N) is 1. The number of carbonyl (C=O) groups is 1. The van der Waals surface area contributed by atoms with Crippen molar-refractivity contribution >= 4 is 21.5 Å². The third kappa shape index (κ3) is 5.32. The quantitative estimate of drug-likeness (QED) is 0.729. The first kappa shape index (κ1) is 19.0. The SMILES string of the molecule is CCCCc1ccc(NS(C)(=O)=O)cc1C(=O)c1ccc(OC)cc1. The van der Waals surface area contributed by atoms with Crippen LogP contribution in [-0.2, 0) is 16.4 Å². The standard InChI is InChI=1S/C19H23NO4S/c1-4-5-6-14-7-10-16(20-25(3,22)23)13-18(14)19(21)15-8-11-17(24-2)12-9-15/h7-13,20H,4-6H2,1-3H3. The summed E-state index contributed by atoms with van der Waals surface area (Å²) in [5, 5.41) is 0. The summed E-state index contributed by atoms with van der Waals surface area (Å²) in [6.07, 6.45) is 3.83. The lowest BCUT2D eigenvalue weighted by Crippen LogP contribution is -2.12. The highest BCUT2D eigenvalue weighted by atomic mass is 32.2. The van der Waals surface area contributed by atoms with E-state index in [1.807, 2.05) is 6.07 Å². The summed E-state index contributed by atoms with van der Waals surface area (Å²) in [7, 11) is -1.83. The molecule has 5 nitrogen and oxygen atoms in total. The maximum Gasteiger partial charge on any atom is 0.229 e. The van der Waals surface area contributed by atoms with Crippen LogP contribution in [0.2, 0.25) is 0 Å². The van der Waals surface area contributed by atoms with Gasteiger partial charge in [0.25, 0.3) is 0 Å². The van der Waals surface area contributed by atoms with Crippen LogP contribution in [-0.4, -0.2) is 27.6 Å². The summed E-state index contributed by atoms with van der Waals surface area (Å²) in [5.41, 5.74) is 2.36. The van der Waals surface area contributed by atoms with Gasteiger partial charge in [-0.2, -0.15) is 0 Å². The Morgan fingerprint density at radius 1 is 1.12 bits per heavy atom. The predicted molar refractivity (Wildman–Crippen MR) is 99.9 cm³/mol. The number of anilines is 1. The van der Waals surface area contributed by atoms with Gasteiger partial charge in [-0.3, -0.25) is 9.52 Å². The fraction of sp³-hybridized carbons (Fsp3) is 0.316. The Balaban J connectivity index is 2.42. The maximum atomic E-state index is 12.9. The van der Waals surface area contributed by atoms with E-state index in [4.69, 9.17) is 4.74 Å². The van der Waals surface area contributed by atoms with Crippen LogP contribution in [0, 0.1) is 0 Å². The Morgan fingerprint density at radius 3 is 2.36 bits per heavy atom. The lowest BCUT2D eigenvalue weighted by molar-refractivity contribution is 0.103. The summed E-state index contributed by atoms with van der Waals surface area (Å²) >= 11 is 0. The van der Waals surface area contributed by atoms with E-state index in [-0.39, 0.29) is 5.78 Å². The minimum Gasteiger partial charge on any atom is -0.497 e. The zero-order valence-corrected chi connectivity index (χ0v) is 15.5. The number of rotatable bonds is 8. The van der Waals surface area contributed by atoms with Crippen LogP contribution in [0.4, 0.5) is 5.69 Å². The van der Waals surface area contributed by atoms with Crippen LogP contribution < -0.4 is 9.46 Å². The molecule has 0 heterocycles. The van der Waals surface area contributed by atoms with E-state index < -0.39 is 10.0 Å². The van der Waals surface area contributed by atoms with Gasteiger partial charge in [-0.1, -0.05) is 19.4 Å². The molecule has 0 aliphatic heterocycles. The van der Waals surface area contributed by atoms with Crippen LogP contribution in [0.25, 0.3) is 0 Å². The molecule has 0 unspecified atom stereocenters. The second-order valence-electron chi connectivity index (χ2n) is 5.91. The average molecular weight is 361 g/mol. The number of ketones is 1. The van der Waals surface area contributed by atoms with E-state index in [1.54, 1.807) is 43.5 Å². The monoisotopic (exact) mass is 361 g/mol. The van der Waals surface area contributed by atoms with Gasteiger partial charge >= 0.3 is 0 Å². The molecule has 0 bridgehead atoms. The second kappa shape index (κ2) is 8.16. The molecule has 0 radical (unpaired) electrons. The number of sulfonamides is 1. The molecule has 25 heavy (non-hydrogen) atoms. The first-order valence-corrected chi connectivity index (χ1v) is 10.0. The molecule has 6 heteroatoms. The van der Waals surface area contributed by atoms with E-state index in [9.17, 15) is 13.2 Å². The number of unbranched alkanes of at least 4 members (excludes halogenated alkanes) is 1. The van der Waals surface area contributed by atoms with Gasteiger partial charge < -0.3 is 4.74 Å². The minimum atomic E-state index is -3.40. The molecule has 2 aromatic carbocycles. The van der Waals surface area contributed by atoms with Gasteiger partial charge in [0, 0.05) is 16.8 Å². The minimum absolute atomic E-state index is 0.133. The molecule has 0 aliphatic carbocycles. The second-order valence-corrected chi connectivity index (χ2v) is 7.66. The molecule has 1 N–H and O–H groups in total. The van der Waals surface area contributed by atoms with Crippen LogP contribution in [0.5, 0.6) is 5.75 Å². The van der Waals surface area contributed by atoms with Crippen molar-refractivity contribution < 1.29 is 17.9 Å². The van der Waals surface area contributed by atoms with Crippen molar-refractivity contribution in [2.24, 2.45) is 0 Å². The number of benzene rings is 2. The van der Waals surface area contributed by atoms with Crippen LogP contribution in [0.15, 0.2) is 42.5 Å². The van der Waals surface area contributed by atoms with E-state index in [0.717, 1.165) is 31.1 Å². The number of hydrogen-bond acceptors (Lipinski definition) is 4. The van der Waals surface area contributed by atoms with Gasteiger partial charge in [-0.05, 0) is 54.8 Å². The Bertz CT molecular complexity index is 842. The number of hydrogen-bond donors (Lipinski definition) is 1. The first-order chi connectivity index (χ1) is 11.8. The average Bonchev–Trinajstić information content (AvgIpc) is 2.58. The molecule has 2 aromatic rings. The molecule has 0 saturated carbocycles. The van der Waals surface area contributed by atoms with E-state index in [2.05, 4.69) is 11.6 Å². The number of methoxy groups -OCH3 is 1. The third-order valence-electron chi connectivity index (χ3n) is 3.81. The van der Waals surface area contributed by atoms with Crippen molar-refractivity contribution in [2.45, 2.75) is 26.2 Å². The maximum absolute atomic E-state index is 12.9. The topological polar surface area (TPSA) is 72.5 Å². The fourth-order valence-electron chi connectivity index (χ4n) is 2.55. The van der Waals surface area contributed by atoms with Gasteiger partial charge in [0.05, 0.1) is 13.4 Å². The summed E-state index contributed by atoms with van der Waals surface area (Å²) in [6.45, 7) is 2.09. The van der Waals surface area contributed by atoms with Crippen LogP contribution >= 0.6 is 0 Å². The summed E-state index contributed by atoms with van der Waals surface area (Å²) in [5.74, 6) is 0.543. The molecule has 0 atom stereocenters. The number of carbonyl (C=O) groups excluding carboxylic acids is 1. The van der Waals surface area contributed by atoms with Gasteiger partial charge in [-0.25, -0.2) is 8.42 Å². The molecule has 0 aliphatic rings. The van der Waals surface area contributed by atoms with E-state index in [0.29, 0.717) is 22.6 Å². The Morgan fingerprint density at radius 2 is 1.80 bits per heavy atom. The molecule has 0 aromatic heterocycles. The molecule has 0 fully saturated rings. The third-order valence-corrected chi connectivity index (χ3v) is 4.42. The Kier molecular flexibility index (Phi) is 6.20. The lowest BCUT2D eigenvalue weighted by atomic mass is 9.95. The largest absolute Gasteiger partial charge is 0.497 e. The van der Waals surface area contributed by atoms with Crippen LogP contribution in [0.3, 0.4) is 0 Å². The summed E-state index contributed by atoms with van der Waals surface area (Å²) < 4.78 is 30.5. The normalized spacial score (nSPS) is 11.2. The Labute approximate surface area is 149 Å². The van der Waals surface area contributed by atoms with Crippen molar-refractivity contribution in [3.8, 4) is 5.75 Å². The first-order valence-electron chi connectivity index (χ1n) is 8.13. The van der Waals surface area contributed by atoms with Gasteiger partial charge in [0.2, 0.25) is 10.0 Å². The highest BCUT2D eigenvalue weighted by Crippen LogP contribution is 2.23. The van der Waals surface area contributed by atoms with Crippen molar-refractivity contribution in [3.63, 3.8) is 0 Å². The smallest absolute Gasteiger partial charge is 0.229 e. The molecular formula is C19H23NO4S. The molecule has 2 rings (SSSR count). The van der Waals surface area contributed by atoms with Gasteiger partial charge in [0.15, 0.2) is 5.78 Å². The highest BCUT2D eigenvalue weighted by molar-refractivity contribution is 7.92. The van der Waals surface area contributed by atoms with Crippen molar-refractivity contribution in [2.75, 3.05) is 18.1 Å². The predicted octanol–water partition coefficient (Wildman–Crippen LogP) is 3.64. The van der Waals surface area contributed by atoms with Crippen molar-refractivity contribution in [1.82, 2.24) is 0 Å².